The van der Waals surface area contributed by atoms with Gasteiger partial charge in [0.2, 0.25) is 0 Å². The number of nitrogens with one attached hydrogen (secondary N) is 1. The fourth-order valence-electron chi connectivity index (χ4n) is 1.85. The van der Waals surface area contributed by atoms with Gasteiger partial charge in [0.05, 0.1) is 0 Å². The fraction of sp³-hybridized carbons (Fsp3) is 0.385. The summed E-state index contributed by atoms with van der Waals surface area (Å²) in [6.07, 6.45) is 3.74. The third kappa shape index (κ3) is 1.73. The summed E-state index contributed by atoms with van der Waals surface area (Å²) in [5, 5.41) is 4.25. The Hall–Kier alpha value is -1.64. The van der Waals surface area contributed by atoms with Crippen LogP contribution in [-0.4, -0.2) is 17.0 Å². The minimum Gasteiger partial charge on any atom is -0.371 e. The SMILES string of the molecule is CNc1ncc(C(C)(C)C)c2cccnc12. The lowest BCUT2D eigenvalue weighted by molar-refractivity contribution is 0.593. The number of fused-ring (bicyclic) bond motifs is 1. The van der Waals surface area contributed by atoms with Crippen LogP contribution in [-0.2, 0) is 5.41 Å². The lowest BCUT2D eigenvalue weighted by atomic mass is 9.86. The zero-order valence-electron chi connectivity index (χ0n) is 10.2. The molecule has 0 saturated carbocycles. The first-order chi connectivity index (χ1) is 7.54. The molecule has 2 rings (SSSR count). The zero-order valence-corrected chi connectivity index (χ0v) is 10.2. The molecule has 16 heavy (non-hydrogen) atoms. The topological polar surface area (TPSA) is 37.8 Å². The van der Waals surface area contributed by atoms with Crippen LogP contribution in [0.4, 0.5) is 5.82 Å². The second-order valence-electron chi connectivity index (χ2n) is 4.92. The van der Waals surface area contributed by atoms with Crippen LogP contribution in [0.2, 0.25) is 0 Å². The highest BCUT2D eigenvalue weighted by molar-refractivity contribution is 5.91. The minimum absolute atomic E-state index is 0.0839. The van der Waals surface area contributed by atoms with Crippen molar-refractivity contribution in [1.29, 1.82) is 0 Å². The van der Waals surface area contributed by atoms with Crippen LogP contribution in [0.5, 0.6) is 0 Å². The molecule has 2 aromatic rings. The van der Waals surface area contributed by atoms with Crippen molar-refractivity contribution in [2.45, 2.75) is 26.2 Å². The van der Waals surface area contributed by atoms with Crippen molar-refractivity contribution in [1.82, 2.24) is 9.97 Å². The van der Waals surface area contributed by atoms with Crippen LogP contribution >= 0.6 is 0 Å². The van der Waals surface area contributed by atoms with Crippen LogP contribution in [0.3, 0.4) is 0 Å². The minimum atomic E-state index is 0.0839. The average molecular weight is 215 g/mol. The number of aromatic nitrogens is 2. The maximum atomic E-state index is 4.42. The smallest absolute Gasteiger partial charge is 0.152 e. The van der Waals surface area contributed by atoms with E-state index in [0.29, 0.717) is 0 Å². The summed E-state index contributed by atoms with van der Waals surface area (Å²) < 4.78 is 0. The van der Waals surface area contributed by atoms with Crippen molar-refractivity contribution in [2.75, 3.05) is 12.4 Å². The summed E-state index contributed by atoms with van der Waals surface area (Å²) >= 11 is 0. The van der Waals surface area contributed by atoms with Gasteiger partial charge in [-0.25, -0.2) is 4.98 Å². The lowest BCUT2D eigenvalue weighted by Crippen LogP contribution is -2.13. The highest BCUT2D eigenvalue weighted by Crippen LogP contribution is 2.30. The summed E-state index contributed by atoms with van der Waals surface area (Å²) in [7, 11) is 1.87. The molecule has 1 N–H and O–H groups in total. The largest absolute Gasteiger partial charge is 0.371 e. The van der Waals surface area contributed by atoms with E-state index in [1.165, 1.54) is 10.9 Å². The molecule has 0 radical (unpaired) electrons. The third-order valence-corrected chi connectivity index (χ3v) is 2.69. The maximum Gasteiger partial charge on any atom is 0.152 e. The first-order valence-electron chi connectivity index (χ1n) is 5.46. The Morgan fingerprint density at radius 3 is 2.56 bits per heavy atom. The second kappa shape index (κ2) is 3.74. The van der Waals surface area contributed by atoms with E-state index in [9.17, 15) is 0 Å². The molecule has 0 aromatic carbocycles. The van der Waals surface area contributed by atoms with E-state index < -0.39 is 0 Å². The van der Waals surface area contributed by atoms with E-state index in [4.69, 9.17) is 0 Å². The van der Waals surface area contributed by atoms with Crippen LogP contribution in [0, 0.1) is 0 Å². The third-order valence-electron chi connectivity index (χ3n) is 2.69. The molecule has 2 heterocycles. The molecular weight excluding hydrogens is 198 g/mol. The van der Waals surface area contributed by atoms with Gasteiger partial charge in [0.25, 0.3) is 0 Å². The van der Waals surface area contributed by atoms with Crippen LogP contribution in [0.15, 0.2) is 24.5 Å². The van der Waals surface area contributed by atoms with Crippen molar-refractivity contribution in [3.8, 4) is 0 Å². The lowest BCUT2D eigenvalue weighted by Gasteiger charge is -2.21. The molecule has 0 amide bonds. The van der Waals surface area contributed by atoms with E-state index in [-0.39, 0.29) is 5.41 Å². The van der Waals surface area contributed by atoms with Crippen molar-refractivity contribution in [3.63, 3.8) is 0 Å². The summed E-state index contributed by atoms with van der Waals surface area (Å²) in [4.78, 5) is 8.82. The highest BCUT2D eigenvalue weighted by Gasteiger charge is 2.18. The van der Waals surface area contributed by atoms with E-state index in [2.05, 4.69) is 42.1 Å². The zero-order chi connectivity index (χ0) is 11.8. The predicted molar refractivity (Wildman–Crippen MR) is 67.8 cm³/mol. The molecule has 0 atom stereocenters. The summed E-state index contributed by atoms with van der Waals surface area (Å²) in [5.74, 6) is 0.837. The Morgan fingerprint density at radius 2 is 1.94 bits per heavy atom. The van der Waals surface area contributed by atoms with Gasteiger partial charge in [-0.1, -0.05) is 26.8 Å². The Bertz CT molecular complexity index is 512. The molecule has 0 fully saturated rings. The van der Waals surface area contributed by atoms with Gasteiger partial charge in [0.1, 0.15) is 5.52 Å². The van der Waals surface area contributed by atoms with Gasteiger partial charge < -0.3 is 5.32 Å². The number of anilines is 1. The average Bonchev–Trinajstić information content (AvgIpc) is 2.26. The van der Waals surface area contributed by atoms with Crippen LogP contribution in [0.1, 0.15) is 26.3 Å². The second-order valence-corrected chi connectivity index (χ2v) is 4.92. The van der Waals surface area contributed by atoms with Gasteiger partial charge in [-0.3, -0.25) is 4.98 Å². The van der Waals surface area contributed by atoms with Crippen molar-refractivity contribution < 1.29 is 0 Å². The Morgan fingerprint density at radius 1 is 1.19 bits per heavy atom. The Balaban J connectivity index is 2.80. The van der Waals surface area contributed by atoms with E-state index in [0.717, 1.165) is 11.3 Å². The normalized spacial score (nSPS) is 11.8. The maximum absolute atomic E-state index is 4.42. The fourth-order valence-corrected chi connectivity index (χ4v) is 1.85. The van der Waals surface area contributed by atoms with Gasteiger partial charge in [-0.2, -0.15) is 0 Å². The summed E-state index contributed by atoms with van der Waals surface area (Å²) in [5.41, 5.74) is 2.26. The van der Waals surface area contributed by atoms with Gasteiger partial charge >= 0.3 is 0 Å². The molecule has 0 aliphatic heterocycles. The molecule has 0 bridgehead atoms. The van der Waals surface area contributed by atoms with Crippen molar-refractivity contribution in [3.05, 3.63) is 30.1 Å². The quantitative estimate of drug-likeness (QED) is 0.794. The summed E-state index contributed by atoms with van der Waals surface area (Å²) in [6.45, 7) is 6.57. The van der Waals surface area contributed by atoms with Crippen LogP contribution < -0.4 is 5.32 Å². The molecule has 84 valence electrons. The first-order valence-corrected chi connectivity index (χ1v) is 5.46. The standard InChI is InChI=1S/C13H17N3/c1-13(2,3)10-8-16-12(14-4)11-9(10)6-5-7-15-11/h5-8H,1-4H3,(H,14,16). The molecule has 2 aromatic heterocycles. The highest BCUT2D eigenvalue weighted by atomic mass is 15.0. The summed E-state index contributed by atoms with van der Waals surface area (Å²) in [6, 6.07) is 4.07. The number of hydrogen-bond acceptors (Lipinski definition) is 3. The molecule has 0 saturated heterocycles. The Labute approximate surface area is 95.9 Å². The van der Waals surface area contributed by atoms with Gasteiger partial charge in [-0.05, 0) is 17.0 Å². The number of hydrogen-bond donors (Lipinski definition) is 1. The van der Waals surface area contributed by atoms with Gasteiger partial charge in [0.15, 0.2) is 5.82 Å². The predicted octanol–water partition coefficient (Wildman–Crippen LogP) is 2.97. The number of pyridine rings is 2. The van der Waals surface area contributed by atoms with Crippen molar-refractivity contribution in [2.24, 2.45) is 0 Å². The number of nitrogens with zero attached hydrogens (tertiary/aromatic N) is 2. The molecule has 3 heteroatoms. The molecule has 0 spiro atoms. The van der Waals surface area contributed by atoms with Crippen LogP contribution in [0.25, 0.3) is 10.9 Å². The van der Waals surface area contributed by atoms with E-state index >= 15 is 0 Å². The Kier molecular flexibility index (Phi) is 2.54. The number of rotatable bonds is 1. The molecular formula is C13H17N3. The van der Waals surface area contributed by atoms with Crippen molar-refractivity contribution >= 4 is 16.7 Å². The van der Waals surface area contributed by atoms with Gasteiger partial charge in [0, 0.05) is 24.8 Å². The molecule has 0 unspecified atom stereocenters. The molecule has 0 aliphatic rings. The van der Waals surface area contributed by atoms with E-state index in [1.807, 2.05) is 19.3 Å². The van der Waals surface area contributed by atoms with E-state index in [1.54, 1.807) is 6.20 Å². The van der Waals surface area contributed by atoms with Gasteiger partial charge in [-0.15, -0.1) is 0 Å². The molecule has 0 aliphatic carbocycles. The first kappa shape index (κ1) is 10.9. The molecule has 3 nitrogen and oxygen atoms in total. The monoisotopic (exact) mass is 215 g/mol.